The van der Waals surface area contributed by atoms with Gasteiger partial charge in [-0.15, -0.1) is 0 Å². The van der Waals surface area contributed by atoms with Crippen LogP contribution in [-0.2, 0) is 0 Å². The minimum Gasteiger partial charge on any atom is -0.494 e. The zero-order chi connectivity index (χ0) is 10.0. The van der Waals surface area contributed by atoms with Gasteiger partial charge in [-0.2, -0.15) is 4.39 Å². The molecule has 1 aromatic rings. The second kappa shape index (κ2) is 4.05. The Kier molecular flexibility index (Phi) is 3.25. The summed E-state index contributed by atoms with van der Waals surface area (Å²) in [5.41, 5.74) is 0.810. The number of pyridine rings is 1. The standard InChI is InChI=1S/C9H11BrFNO/c1-5(2)6-4-7(13-3)8(11)9(10)12-6/h4-5H,1-3H3. The first-order valence-electron chi connectivity index (χ1n) is 3.96. The SMILES string of the molecule is COc1cc(C(C)C)nc(Br)c1F. The van der Waals surface area contributed by atoms with E-state index in [-0.39, 0.29) is 16.3 Å². The highest BCUT2D eigenvalue weighted by Crippen LogP contribution is 2.26. The predicted molar refractivity (Wildman–Crippen MR) is 52.5 cm³/mol. The van der Waals surface area contributed by atoms with E-state index < -0.39 is 5.82 Å². The Morgan fingerprint density at radius 3 is 2.62 bits per heavy atom. The van der Waals surface area contributed by atoms with E-state index in [2.05, 4.69) is 20.9 Å². The molecule has 0 aliphatic rings. The Balaban J connectivity index is 3.22. The van der Waals surface area contributed by atoms with Crippen LogP contribution < -0.4 is 4.74 Å². The van der Waals surface area contributed by atoms with E-state index in [1.807, 2.05) is 13.8 Å². The van der Waals surface area contributed by atoms with Gasteiger partial charge in [0.05, 0.1) is 7.11 Å². The largest absolute Gasteiger partial charge is 0.494 e. The van der Waals surface area contributed by atoms with Gasteiger partial charge >= 0.3 is 0 Å². The van der Waals surface area contributed by atoms with Crippen LogP contribution in [0.25, 0.3) is 0 Å². The molecule has 2 nitrogen and oxygen atoms in total. The molecule has 72 valence electrons. The van der Waals surface area contributed by atoms with Gasteiger partial charge in [0.2, 0.25) is 0 Å². The van der Waals surface area contributed by atoms with Crippen molar-refractivity contribution in [3.05, 3.63) is 22.2 Å². The Morgan fingerprint density at radius 1 is 1.54 bits per heavy atom. The molecule has 0 spiro atoms. The zero-order valence-corrected chi connectivity index (χ0v) is 9.35. The van der Waals surface area contributed by atoms with Crippen molar-refractivity contribution in [3.8, 4) is 5.75 Å². The molecule has 0 aliphatic carbocycles. The summed E-state index contributed by atoms with van der Waals surface area (Å²) in [5, 5.41) is 0. The van der Waals surface area contributed by atoms with E-state index in [0.29, 0.717) is 0 Å². The van der Waals surface area contributed by atoms with Crippen molar-refractivity contribution in [2.75, 3.05) is 7.11 Å². The van der Waals surface area contributed by atoms with Gasteiger partial charge in [0.1, 0.15) is 4.60 Å². The summed E-state index contributed by atoms with van der Waals surface area (Å²) >= 11 is 3.04. The normalized spacial score (nSPS) is 10.6. The minimum atomic E-state index is -0.452. The summed E-state index contributed by atoms with van der Waals surface area (Å²) in [6.07, 6.45) is 0. The summed E-state index contributed by atoms with van der Waals surface area (Å²) in [5.74, 6) is 0.0308. The fraction of sp³-hybridized carbons (Fsp3) is 0.444. The monoisotopic (exact) mass is 247 g/mol. The second-order valence-electron chi connectivity index (χ2n) is 3.01. The molecule has 0 saturated carbocycles. The number of rotatable bonds is 2. The van der Waals surface area contributed by atoms with Crippen molar-refractivity contribution >= 4 is 15.9 Å². The first-order valence-corrected chi connectivity index (χ1v) is 4.75. The van der Waals surface area contributed by atoms with E-state index in [4.69, 9.17) is 4.74 Å². The number of halogens is 2. The lowest BCUT2D eigenvalue weighted by Gasteiger charge is -2.08. The van der Waals surface area contributed by atoms with Crippen molar-refractivity contribution in [3.63, 3.8) is 0 Å². The third-order valence-electron chi connectivity index (χ3n) is 1.72. The quantitative estimate of drug-likeness (QED) is 0.750. The average Bonchev–Trinajstić information content (AvgIpc) is 2.09. The first-order chi connectivity index (χ1) is 6.06. The van der Waals surface area contributed by atoms with E-state index in [1.165, 1.54) is 7.11 Å². The molecule has 1 aromatic heterocycles. The summed E-state index contributed by atoms with van der Waals surface area (Å²) in [4.78, 5) is 4.04. The van der Waals surface area contributed by atoms with Crippen LogP contribution in [0.3, 0.4) is 0 Å². The van der Waals surface area contributed by atoms with Gasteiger partial charge in [0.25, 0.3) is 0 Å². The number of aromatic nitrogens is 1. The molecule has 1 rings (SSSR count). The molecule has 0 saturated heterocycles. The molecule has 0 unspecified atom stereocenters. The maximum atomic E-state index is 13.2. The van der Waals surface area contributed by atoms with Crippen LogP contribution in [0.5, 0.6) is 5.75 Å². The molecule has 0 radical (unpaired) electrons. The Hall–Kier alpha value is -0.640. The van der Waals surface area contributed by atoms with Crippen molar-refractivity contribution in [1.82, 2.24) is 4.98 Å². The fourth-order valence-corrected chi connectivity index (χ4v) is 1.34. The maximum Gasteiger partial charge on any atom is 0.197 e. The Morgan fingerprint density at radius 2 is 2.15 bits per heavy atom. The van der Waals surface area contributed by atoms with Crippen LogP contribution >= 0.6 is 15.9 Å². The number of hydrogen-bond acceptors (Lipinski definition) is 2. The number of hydrogen-bond donors (Lipinski definition) is 0. The topological polar surface area (TPSA) is 22.1 Å². The molecule has 0 atom stereocenters. The molecule has 0 N–H and O–H groups in total. The molecule has 0 aliphatic heterocycles. The molecular formula is C9H11BrFNO. The highest BCUT2D eigenvalue weighted by molar-refractivity contribution is 9.10. The van der Waals surface area contributed by atoms with Gasteiger partial charge in [0, 0.05) is 11.8 Å². The van der Waals surface area contributed by atoms with Crippen LogP contribution in [0.2, 0.25) is 0 Å². The van der Waals surface area contributed by atoms with E-state index in [0.717, 1.165) is 5.69 Å². The molecule has 0 bridgehead atoms. The van der Waals surface area contributed by atoms with Gasteiger partial charge in [-0.3, -0.25) is 0 Å². The minimum absolute atomic E-state index is 0.204. The highest BCUT2D eigenvalue weighted by Gasteiger charge is 2.12. The van der Waals surface area contributed by atoms with E-state index in [1.54, 1.807) is 6.07 Å². The summed E-state index contributed by atoms with van der Waals surface area (Å²) in [6, 6.07) is 1.62. The van der Waals surface area contributed by atoms with Crippen molar-refractivity contribution in [1.29, 1.82) is 0 Å². The lowest BCUT2D eigenvalue weighted by atomic mass is 10.1. The van der Waals surface area contributed by atoms with Crippen molar-refractivity contribution in [2.45, 2.75) is 19.8 Å². The molecular weight excluding hydrogens is 237 g/mol. The third-order valence-corrected chi connectivity index (χ3v) is 2.24. The smallest absolute Gasteiger partial charge is 0.197 e. The zero-order valence-electron chi connectivity index (χ0n) is 7.77. The molecule has 0 fully saturated rings. The lowest BCUT2D eigenvalue weighted by Crippen LogP contribution is -1.98. The Labute approximate surface area is 85.3 Å². The molecule has 4 heteroatoms. The molecule has 13 heavy (non-hydrogen) atoms. The number of nitrogens with zero attached hydrogens (tertiary/aromatic N) is 1. The van der Waals surface area contributed by atoms with Gasteiger partial charge in [-0.1, -0.05) is 13.8 Å². The van der Waals surface area contributed by atoms with Crippen molar-refractivity contribution in [2.24, 2.45) is 0 Å². The second-order valence-corrected chi connectivity index (χ2v) is 3.76. The molecule has 0 amide bonds. The molecule has 1 heterocycles. The van der Waals surface area contributed by atoms with Crippen LogP contribution in [0, 0.1) is 5.82 Å². The lowest BCUT2D eigenvalue weighted by molar-refractivity contribution is 0.382. The third kappa shape index (κ3) is 2.18. The van der Waals surface area contributed by atoms with E-state index >= 15 is 0 Å². The highest BCUT2D eigenvalue weighted by atomic mass is 79.9. The Bertz CT molecular complexity index is 315. The maximum absolute atomic E-state index is 13.2. The number of methoxy groups -OCH3 is 1. The summed E-state index contributed by atoms with van der Waals surface area (Å²) in [6.45, 7) is 3.98. The van der Waals surface area contributed by atoms with Gasteiger partial charge < -0.3 is 4.74 Å². The summed E-state index contributed by atoms with van der Waals surface area (Å²) < 4.78 is 18.3. The average molecular weight is 248 g/mol. The van der Waals surface area contributed by atoms with Crippen LogP contribution in [0.4, 0.5) is 4.39 Å². The van der Waals surface area contributed by atoms with E-state index in [9.17, 15) is 4.39 Å². The number of ether oxygens (including phenoxy) is 1. The van der Waals surface area contributed by atoms with Crippen molar-refractivity contribution < 1.29 is 9.13 Å². The molecule has 0 aromatic carbocycles. The van der Waals surface area contributed by atoms with Gasteiger partial charge in [0.15, 0.2) is 11.6 Å². The van der Waals surface area contributed by atoms with Crippen LogP contribution in [0.1, 0.15) is 25.5 Å². The first kappa shape index (κ1) is 10.4. The predicted octanol–water partition coefficient (Wildman–Crippen LogP) is 3.12. The van der Waals surface area contributed by atoms with Gasteiger partial charge in [-0.25, -0.2) is 4.98 Å². The van der Waals surface area contributed by atoms with Gasteiger partial charge in [-0.05, 0) is 21.8 Å². The van der Waals surface area contributed by atoms with Crippen LogP contribution in [0.15, 0.2) is 10.7 Å². The summed E-state index contributed by atoms with van der Waals surface area (Å²) in [7, 11) is 1.44. The fourth-order valence-electron chi connectivity index (χ4n) is 0.938. The van der Waals surface area contributed by atoms with Crippen LogP contribution in [-0.4, -0.2) is 12.1 Å².